The SMILES string of the molecule is C[C@@H]1OC(Oc2cc(O)cc(O)c2C(=O)c2ccc(O)cc2)[C@H](O)[C@@H](O)[C@H]1O. The van der Waals surface area contributed by atoms with Gasteiger partial charge in [0, 0.05) is 17.7 Å². The second-order valence-corrected chi connectivity index (χ2v) is 6.51. The second-order valence-electron chi connectivity index (χ2n) is 6.51. The van der Waals surface area contributed by atoms with E-state index in [2.05, 4.69) is 0 Å². The van der Waals surface area contributed by atoms with Crippen molar-refractivity contribution in [3.63, 3.8) is 0 Å². The Morgan fingerprint density at radius 2 is 1.57 bits per heavy atom. The molecule has 28 heavy (non-hydrogen) atoms. The van der Waals surface area contributed by atoms with Gasteiger partial charge in [-0.05, 0) is 31.2 Å². The standard InChI is InChI=1S/C19H20O9/c1-8-15(23)17(25)18(26)19(27-8)28-13-7-11(21)6-12(22)14(13)16(24)9-2-4-10(20)5-3-9/h2-8,15,17-23,25-26H,1H3/t8-,15-,17-,18+,19?/m0/s1. The van der Waals surface area contributed by atoms with Gasteiger partial charge in [-0.3, -0.25) is 4.79 Å². The number of rotatable bonds is 4. The minimum Gasteiger partial charge on any atom is -0.508 e. The predicted molar refractivity (Wildman–Crippen MR) is 94.3 cm³/mol. The number of carbonyl (C=O) groups is 1. The highest BCUT2D eigenvalue weighted by atomic mass is 16.7. The Labute approximate surface area is 159 Å². The van der Waals surface area contributed by atoms with E-state index in [0.29, 0.717) is 0 Å². The van der Waals surface area contributed by atoms with Crippen LogP contribution in [0.4, 0.5) is 0 Å². The highest BCUT2D eigenvalue weighted by Gasteiger charge is 2.43. The molecule has 0 spiro atoms. The number of ketones is 1. The highest BCUT2D eigenvalue weighted by molar-refractivity contribution is 6.12. The summed E-state index contributed by atoms with van der Waals surface area (Å²) < 4.78 is 10.8. The Balaban J connectivity index is 1.97. The van der Waals surface area contributed by atoms with Gasteiger partial charge in [-0.1, -0.05) is 0 Å². The average molecular weight is 392 g/mol. The zero-order chi connectivity index (χ0) is 20.6. The van der Waals surface area contributed by atoms with E-state index in [9.17, 15) is 35.4 Å². The van der Waals surface area contributed by atoms with Crippen LogP contribution in [0.3, 0.4) is 0 Å². The van der Waals surface area contributed by atoms with E-state index in [0.717, 1.165) is 12.1 Å². The molecule has 1 aliphatic heterocycles. The first-order valence-electron chi connectivity index (χ1n) is 8.45. The molecular formula is C19H20O9. The van der Waals surface area contributed by atoms with Crippen LogP contribution in [0, 0.1) is 0 Å². The molecule has 2 aromatic carbocycles. The van der Waals surface area contributed by atoms with Gasteiger partial charge in [-0.2, -0.15) is 0 Å². The highest BCUT2D eigenvalue weighted by Crippen LogP contribution is 2.36. The number of benzene rings is 2. The molecule has 0 bridgehead atoms. The van der Waals surface area contributed by atoms with Crippen LogP contribution in [-0.2, 0) is 4.74 Å². The number of aliphatic hydroxyl groups is 3. The minimum absolute atomic E-state index is 0.0526. The molecule has 9 heteroatoms. The topological polar surface area (TPSA) is 157 Å². The number of aliphatic hydroxyl groups excluding tert-OH is 3. The fourth-order valence-electron chi connectivity index (χ4n) is 2.90. The van der Waals surface area contributed by atoms with Crippen LogP contribution >= 0.6 is 0 Å². The molecule has 1 fully saturated rings. The molecule has 150 valence electrons. The molecule has 5 atom stereocenters. The second kappa shape index (κ2) is 7.64. The number of phenols is 3. The van der Waals surface area contributed by atoms with Crippen LogP contribution in [0.15, 0.2) is 36.4 Å². The van der Waals surface area contributed by atoms with E-state index in [4.69, 9.17) is 9.47 Å². The first kappa shape index (κ1) is 19.9. The third-order valence-corrected chi connectivity index (χ3v) is 4.47. The smallest absolute Gasteiger partial charge is 0.229 e. The normalized spacial score (nSPS) is 27.4. The first-order valence-corrected chi connectivity index (χ1v) is 8.45. The first-order chi connectivity index (χ1) is 13.2. The van der Waals surface area contributed by atoms with Gasteiger partial charge in [-0.25, -0.2) is 0 Å². The van der Waals surface area contributed by atoms with Gasteiger partial charge < -0.3 is 40.1 Å². The number of ether oxygens (including phenoxy) is 2. The van der Waals surface area contributed by atoms with E-state index >= 15 is 0 Å². The Morgan fingerprint density at radius 3 is 2.21 bits per heavy atom. The zero-order valence-corrected chi connectivity index (χ0v) is 14.8. The molecule has 3 rings (SSSR count). The van der Waals surface area contributed by atoms with Gasteiger partial charge >= 0.3 is 0 Å². The van der Waals surface area contributed by atoms with Crippen molar-refractivity contribution in [2.45, 2.75) is 37.6 Å². The summed E-state index contributed by atoms with van der Waals surface area (Å²) >= 11 is 0. The summed E-state index contributed by atoms with van der Waals surface area (Å²) in [6.07, 6.45) is -6.90. The quantitative estimate of drug-likeness (QED) is 0.401. The molecular weight excluding hydrogens is 372 g/mol. The summed E-state index contributed by atoms with van der Waals surface area (Å²) in [5, 5.41) is 59.1. The Bertz CT molecular complexity index is 864. The van der Waals surface area contributed by atoms with Gasteiger partial charge in [0.25, 0.3) is 0 Å². The maximum Gasteiger partial charge on any atom is 0.229 e. The van der Waals surface area contributed by atoms with Crippen molar-refractivity contribution in [2.75, 3.05) is 0 Å². The maximum atomic E-state index is 12.8. The van der Waals surface area contributed by atoms with Crippen LogP contribution in [0.25, 0.3) is 0 Å². The van der Waals surface area contributed by atoms with E-state index in [-0.39, 0.29) is 22.6 Å². The fraction of sp³-hybridized carbons (Fsp3) is 0.316. The van der Waals surface area contributed by atoms with Crippen molar-refractivity contribution in [1.29, 1.82) is 0 Å². The van der Waals surface area contributed by atoms with Crippen molar-refractivity contribution >= 4 is 5.78 Å². The van der Waals surface area contributed by atoms with Gasteiger partial charge in [0.2, 0.25) is 12.1 Å². The van der Waals surface area contributed by atoms with Crippen molar-refractivity contribution in [2.24, 2.45) is 0 Å². The average Bonchev–Trinajstić information content (AvgIpc) is 2.64. The molecule has 0 aromatic heterocycles. The van der Waals surface area contributed by atoms with E-state index in [1.165, 1.54) is 31.2 Å². The number of hydrogen-bond acceptors (Lipinski definition) is 9. The Hall–Kier alpha value is -2.85. The Kier molecular flexibility index (Phi) is 5.43. The number of hydrogen-bond donors (Lipinski definition) is 6. The molecule has 1 saturated heterocycles. The minimum atomic E-state index is -1.65. The molecule has 0 radical (unpaired) electrons. The molecule has 2 aromatic rings. The molecule has 0 aliphatic carbocycles. The number of aromatic hydroxyl groups is 3. The third kappa shape index (κ3) is 3.73. The van der Waals surface area contributed by atoms with E-state index in [1.54, 1.807) is 0 Å². The van der Waals surface area contributed by atoms with Gasteiger partial charge in [0.15, 0.2) is 0 Å². The summed E-state index contributed by atoms with van der Waals surface area (Å²) in [7, 11) is 0. The van der Waals surface area contributed by atoms with Crippen molar-refractivity contribution in [1.82, 2.24) is 0 Å². The zero-order valence-electron chi connectivity index (χ0n) is 14.8. The molecule has 0 saturated carbocycles. The van der Waals surface area contributed by atoms with Crippen LogP contribution in [0.5, 0.6) is 23.0 Å². The van der Waals surface area contributed by atoms with Gasteiger partial charge in [-0.15, -0.1) is 0 Å². The summed E-state index contributed by atoms with van der Waals surface area (Å²) in [5.41, 5.74) is -0.190. The van der Waals surface area contributed by atoms with Gasteiger partial charge in [0.1, 0.15) is 46.9 Å². The molecule has 1 unspecified atom stereocenters. The third-order valence-electron chi connectivity index (χ3n) is 4.47. The van der Waals surface area contributed by atoms with Crippen molar-refractivity contribution < 1.29 is 44.9 Å². The monoisotopic (exact) mass is 392 g/mol. The molecule has 1 aliphatic rings. The molecule has 1 heterocycles. The van der Waals surface area contributed by atoms with E-state index < -0.39 is 48.0 Å². The summed E-state index contributed by atoms with van der Waals surface area (Å²) in [5.74, 6) is -2.01. The molecule has 0 amide bonds. The summed E-state index contributed by atoms with van der Waals surface area (Å²) in [4.78, 5) is 12.8. The largest absolute Gasteiger partial charge is 0.508 e. The van der Waals surface area contributed by atoms with Crippen LogP contribution < -0.4 is 4.74 Å². The summed E-state index contributed by atoms with van der Waals surface area (Å²) in [6.45, 7) is 1.46. The lowest BCUT2D eigenvalue weighted by molar-refractivity contribution is -0.268. The van der Waals surface area contributed by atoms with E-state index in [1.807, 2.05) is 0 Å². The fourth-order valence-corrected chi connectivity index (χ4v) is 2.90. The van der Waals surface area contributed by atoms with Crippen LogP contribution in [0.1, 0.15) is 22.8 Å². The van der Waals surface area contributed by atoms with Crippen molar-refractivity contribution in [3.05, 3.63) is 47.5 Å². The molecule has 6 N–H and O–H groups in total. The summed E-state index contributed by atoms with van der Waals surface area (Å²) in [6, 6.07) is 7.24. The van der Waals surface area contributed by atoms with Crippen molar-refractivity contribution in [3.8, 4) is 23.0 Å². The molecule has 9 nitrogen and oxygen atoms in total. The Morgan fingerprint density at radius 1 is 0.929 bits per heavy atom. The lowest BCUT2D eigenvalue weighted by Gasteiger charge is -2.39. The number of phenolic OH excluding ortho intramolecular Hbond substituents is 3. The van der Waals surface area contributed by atoms with Crippen LogP contribution in [0.2, 0.25) is 0 Å². The van der Waals surface area contributed by atoms with Crippen LogP contribution in [-0.4, -0.2) is 67.1 Å². The lowest BCUT2D eigenvalue weighted by atomic mass is 9.99. The lowest BCUT2D eigenvalue weighted by Crippen LogP contribution is -2.58. The van der Waals surface area contributed by atoms with Gasteiger partial charge in [0.05, 0.1) is 6.10 Å². The predicted octanol–water partition coefficient (Wildman–Crippen LogP) is 0.241. The maximum absolute atomic E-state index is 12.8. The number of carbonyl (C=O) groups excluding carboxylic acids is 1.